The molecule has 1 aliphatic heterocycles. The number of hydrogen-bond acceptors (Lipinski definition) is 5. The Bertz CT molecular complexity index is 1080. The molecular formula is C21H18Br2ClN3O5. The molecule has 0 bridgehead atoms. The molecule has 0 aliphatic carbocycles. The van der Waals surface area contributed by atoms with Crippen molar-refractivity contribution in [2.45, 2.75) is 13.3 Å². The van der Waals surface area contributed by atoms with E-state index in [2.05, 4.69) is 42.6 Å². The highest BCUT2D eigenvalue weighted by Gasteiger charge is 2.36. The number of hydrazine groups is 1. The maximum absolute atomic E-state index is 12.3. The standard InChI is InChI=1S/C21H18Br2ClN3O5/c1-11-16(7-6-15(23)19(11)24)25-17(28)10-32-21(31)13-8-18(29)27(9-13)26-20(30)12-2-4-14(22)5-3-12/h2-7,13H,8-10H2,1H3,(H,25,28)(H,26,30)/t13-/m0/s1. The summed E-state index contributed by atoms with van der Waals surface area (Å²) >= 11 is 12.7. The Morgan fingerprint density at radius 1 is 1.16 bits per heavy atom. The maximum Gasteiger partial charge on any atom is 0.311 e. The quantitative estimate of drug-likeness (QED) is 0.500. The van der Waals surface area contributed by atoms with Crippen LogP contribution in [0, 0.1) is 12.8 Å². The number of anilines is 1. The van der Waals surface area contributed by atoms with Crippen LogP contribution in [-0.2, 0) is 19.1 Å². The number of ether oxygens (including phenoxy) is 1. The summed E-state index contributed by atoms with van der Waals surface area (Å²) in [4.78, 5) is 49.0. The molecule has 1 fully saturated rings. The number of carbonyl (C=O) groups excluding carboxylic acids is 4. The lowest BCUT2D eigenvalue weighted by Crippen LogP contribution is -2.43. The number of carbonyl (C=O) groups is 4. The van der Waals surface area contributed by atoms with Gasteiger partial charge in [0, 0.05) is 26.6 Å². The van der Waals surface area contributed by atoms with Gasteiger partial charge in [-0.2, -0.15) is 0 Å². The smallest absolute Gasteiger partial charge is 0.311 e. The van der Waals surface area contributed by atoms with E-state index in [1.54, 1.807) is 43.3 Å². The van der Waals surface area contributed by atoms with Crippen LogP contribution in [0.2, 0.25) is 5.02 Å². The molecule has 32 heavy (non-hydrogen) atoms. The molecule has 0 unspecified atom stereocenters. The van der Waals surface area contributed by atoms with Gasteiger partial charge in [0.1, 0.15) is 0 Å². The highest BCUT2D eigenvalue weighted by Crippen LogP contribution is 2.31. The molecule has 1 saturated heterocycles. The second-order valence-corrected chi connectivity index (χ2v) is 9.19. The van der Waals surface area contributed by atoms with Crippen molar-refractivity contribution >= 4 is 72.8 Å². The fraction of sp³-hybridized carbons (Fsp3) is 0.238. The molecule has 1 aliphatic rings. The fourth-order valence-electron chi connectivity index (χ4n) is 2.99. The lowest BCUT2D eigenvalue weighted by atomic mass is 10.1. The molecule has 8 nitrogen and oxygen atoms in total. The second-order valence-electron chi connectivity index (χ2n) is 7.04. The van der Waals surface area contributed by atoms with E-state index < -0.39 is 36.2 Å². The lowest BCUT2D eigenvalue weighted by molar-refractivity contribution is -0.151. The second kappa shape index (κ2) is 10.5. The summed E-state index contributed by atoms with van der Waals surface area (Å²) in [7, 11) is 0. The van der Waals surface area contributed by atoms with Crippen LogP contribution >= 0.6 is 43.5 Å². The van der Waals surface area contributed by atoms with E-state index >= 15 is 0 Å². The largest absolute Gasteiger partial charge is 0.455 e. The average Bonchev–Trinajstić information content (AvgIpc) is 3.13. The van der Waals surface area contributed by atoms with Crippen LogP contribution in [0.3, 0.4) is 0 Å². The van der Waals surface area contributed by atoms with Crippen molar-refractivity contribution < 1.29 is 23.9 Å². The van der Waals surface area contributed by atoms with Crippen molar-refractivity contribution in [3.8, 4) is 0 Å². The number of nitrogens with one attached hydrogen (secondary N) is 2. The van der Waals surface area contributed by atoms with Gasteiger partial charge in [-0.1, -0.05) is 27.5 Å². The zero-order valence-corrected chi connectivity index (χ0v) is 20.7. The first-order valence-corrected chi connectivity index (χ1v) is 11.4. The third-order valence-electron chi connectivity index (χ3n) is 4.76. The summed E-state index contributed by atoms with van der Waals surface area (Å²) in [6.45, 7) is 1.20. The van der Waals surface area contributed by atoms with Crippen molar-refractivity contribution in [3.63, 3.8) is 0 Å². The molecule has 11 heteroatoms. The van der Waals surface area contributed by atoms with Gasteiger partial charge in [-0.3, -0.25) is 29.6 Å². The van der Waals surface area contributed by atoms with Gasteiger partial charge in [0.15, 0.2) is 6.61 Å². The number of amides is 3. The summed E-state index contributed by atoms with van der Waals surface area (Å²) in [6, 6.07) is 9.98. The first-order chi connectivity index (χ1) is 15.2. The Balaban J connectivity index is 1.50. The van der Waals surface area contributed by atoms with E-state index in [9.17, 15) is 19.2 Å². The normalized spacial score (nSPS) is 15.4. The monoisotopic (exact) mass is 585 g/mol. The minimum Gasteiger partial charge on any atom is -0.455 e. The summed E-state index contributed by atoms with van der Waals surface area (Å²) in [5, 5.41) is 4.18. The van der Waals surface area contributed by atoms with Crippen molar-refractivity contribution in [1.29, 1.82) is 0 Å². The van der Waals surface area contributed by atoms with E-state index in [1.807, 2.05) is 0 Å². The zero-order chi connectivity index (χ0) is 23.4. The molecule has 0 aromatic heterocycles. The molecule has 1 heterocycles. The van der Waals surface area contributed by atoms with E-state index in [-0.39, 0.29) is 13.0 Å². The summed E-state index contributed by atoms with van der Waals surface area (Å²) in [5.41, 5.74) is 4.02. The Labute approximate surface area is 205 Å². The predicted molar refractivity (Wildman–Crippen MR) is 125 cm³/mol. The Kier molecular flexibility index (Phi) is 7.91. The Hall–Kier alpha value is -2.43. The number of halogens is 3. The van der Waals surface area contributed by atoms with Gasteiger partial charge in [-0.15, -0.1) is 0 Å². The predicted octanol–water partition coefficient (Wildman–Crippen LogP) is 3.85. The molecular weight excluding hydrogens is 570 g/mol. The van der Waals surface area contributed by atoms with Crippen LogP contribution in [0.15, 0.2) is 45.3 Å². The van der Waals surface area contributed by atoms with Crippen LogP contribution in [0.25, 0.3) is 0 Å². The average molecular weight is 588 g/mol. The van der Waals surface area contributed by atoms with Crippen molar-refractivity contribution in [2.75, 3.05) is 18.5 Å². The first-order valence-electron chi connectivity index (χ1n) is 9.43. The Morgan fingerprint density at radius 3 is 2.53 bits per heavy atom. The number of nitrogens with zero attached hydrogens (tertiary/aromatic N) is 1. The summed E-state index contributed by atoms with van der Waals surface area (Å²) in [5.74, 6) is -2.90. The van der Waals surface area contributed by atoms with Gasteiger partial charge in [0.05, 0.1) is 17.5 Å². The van der Waals surface area contributed by atoms with Crippen molar-refractivity contribution in [3.05, 3.63) is 61.5 Å². The van der Waals surface area contributed by atoms with Crippen LogP contribution in [0.4, 0.5) is 5.69 Å². The molecule has 2 aromatic rings. The SMILES string of the molecule is Cc1c(NC(=O)COC(=O)[C@H]2CC(=O)N(NC(=O)c3ccc(Br)cc3)C2)ccc(Br)c1Cl. The third-order valence-corrected chi connectivity index (χ3v) is 6.66. The highest BCUT2D eigenvalue weighted by atomic mass is 79.9. The van der Waals surface area contributed by atoms with Gasteiger partial charge < -0.3 is 10.1 Å². The fourth-order valence-corrected chi connectivity index (χ4v) is 3.85. The minimum absolute atomic E-state index is 0.0387. The van der Waals surface area contributed by atoms with Gasteiger partial charge >= 0.3 is 5.97 Å². The number of rotatable bonds is 6. The molecule has 3 amide bonds. The van der Waals surface area contributed by atoms with Crippen molar-refractivity contribution in [1.82, 2.24) is 10.4 Å². The molecule has 2 N–H and O–H groups in total. The van der Waals surface area contributed by atoms with E-state index in [4.69, 9.17) is 16.3 Å². The number of esters is 1. The van der Waals surface area contributed by atoms with E-state index in [0.717, 1.165) is 9.48 Å². The van der Waals surface area contributed by atoms with Crippen LogP contribution < -0.4 is 10.7 Å². The van der Waals surface area contributed by atoms with Gasteiger partial charge in [-0.25, -0.2) is 0 Å². The van der Waals surface area contributed by atoms with Crippen LogP contribution in [0.5, 0.6) is 0 Å². The van der Waals surface area contributed by atoms with Crippen LogP contribution in [-0.4, -0.2) is 41.9 Å². The number of benzene rings is 2. The topological polar surface area (TPSA) is 105 Å². The molecule has 168 valence electrons. The minimum atomic E-state index is -0.788. The van der Waals surface area contributed by atoms with Crippen LogP contribution in [0.1, 0.15) is 22.3 Å². The highest BCUT2D eigenvalue weighted by molar-refractivity contribution is 9.10. The maximum atomic E-state index is 12.3. The number of hydrogen-bond donors (Lipinski definition) is 2. The van der Waals surface area contributed by atoms with Gasteiger partial charge in [-0.05, 0) is 64.8 Å². The van der Waals surface area contributed by atoms with E-state index in [1.165, 1.54) is 0 Å². The molecule has 0 spiro atoms. The van der Waals surface area contributed by atoms with Crippen molar-refractivity contribution in [2.24, 2.45) is 5.92 Å². The van der Waals surface area contributed by atoms with E-state index in [0.29, 0.717) is 26.3 Å². The molecule has 0 saturated carbocycles. The Morgan fingerprint density at radius 2 is 1.84 bits per heavy atom. The molecule has 1 atom stereocenters. The zero-order valence-electron chi connectivity index (χ0n) is 16.8. The first kappa shape index (κ1) is 24.2. The molecule has 2 aromatic carbocycles. The lowest BCUT2D eigenvalue weighted by Gasteiger charge is -2.17. The van der Waals surface area contributed by atoms with Gasteiger partial charge in [0.25, 0.3) is 11.8 Å². The molecule has 0 radical (unpaired) electrons. The third kappa shape index (κ3) is 5.87. The molecule has 3 rings (SSSR count). The summed E-state index contributed by atoms with van der Waals surface area (Å²) < 4.78 is 6.58. The van der Waals surface area contributed by atoms with Gasteiger partial charge in [0.2, 0.25) is 5.91 Å². The summed E-state index contributed by atoms with van der Waals surface area (Å²) in [6.07, 6.45) is -0.123.